The van der Waals surface area contributed by atoms with Gasteiger partial charge in [0.05, 0.1) is 18.5 Å². The lowest BCUT2D eigenvalue weighted by molar-refractivity contribution is 0.275. The lowest BCUT2D eigenvalue weighted by Crippen LogP contribution is -2.24. The van der Waals surface area contributed by atoms with Crippen LogP contribution in [0.1, 0.15) is 26.7 Å². The van der Waals surface area contributed by atoms with Crippen LogP contribution in [0.4, 0.5) is 0 Å². The van der Waals surface area contributed by atoms with E-state index in [1.165, 1.54) is 6.42 Å². The standard InChI is InChI=1S/C8H18ClNO/c1-3-10(4-2)7-5-6-8-11-9/h3-8H2,1-2H3. The fourth-order valence-corrected chi connectivity index (χ4v) is 1.14. The van der Waals surface area contributed by atoms with Crippen molar-refractivity contribution >= 4 is 11.9 Å². The Bertz CT molecular complexity index is 76.5. The molecule has 0 aliphatic carbocycles. The fraction of sp³-hybridized carbons (Fsp3) is 1.00. The van der Waals surface area contributed by atoms with Gasteiger partial charge in [0, 0.05) is 0 Å². The molecule has 0 atom stereocenters. The summed E-state index contributed by atoms with van der Waals surface area (Å²) in [6.45, 7) is 8.47. The first kappa shape index (κ1) is 11.2. The minimum absolute atomic E-state index is 0.669. The van der Waals surface area contributed by atoms with E-state index < -0.39 is 0 Å². The van der Waals surface area contributed by atoms with Crippen molar-refractivity contribution in [1.29, 1.82) is 0 Å². The zero-order chi connectivity index (χ0) is 8.53. The maximum absolute atomic E-state index is 5.07. The number of unbranched alkanes of at least 4 members (excludes halogenated alkanes) is 1. The van der Waals surface area contributed by atoms with E-state index in [2.05, 4.69) is 23.0 Å². The summed E-state index contributed by atoms with van der Waals surface area (Å²) in [4.78, 5) is 2.40. The summed E-state index contributed by atoms with van der Waals surface area (Å²) in [5.74, 6) is 0. The van der Waals surface area contributed by atoms with E-state index in [1.807, 2.05) is 0 Å². The van der Waals surface area contributed by atoms with Crippen molar-refractivity contribution in [3.63, 3.8) is 0 Å². The van der Waals surface area contributed by atoms with Gasteiger partial charge in [-0.3, -0.25) is 4.29 Å². The van der Waals surface area contributed by atoms with Crippen molar-refractivity contribution in [2.24, 2.45) is 0 Å². The highest BCUT2D eigenvalue weighted by molar-refractivity contribution is 6.07. The van der Waals surface area contributed by atoms with Gasteiger partial charge in [0.1, 0.15) is 0 Å². The number of halogens is 1. The third-order valence-corrected chi connectivity index (χ3v) is 1.99. The van der Waals surface area contributed by atoms with Crippen molar-refractivity contribution in [2.45, 2.75) is 26.7 Å². The normalized spacial score (nSPS) is 10.9. The molecule has 2 nitrogen and oxygen atoms in total. The van der Waals surface area contributed by atoms with Crippen LogP contribution in [0.3, 0.4) is 0 Å². The first-order valence-electron chi connectivity index (χ1n) is 4.31. The van der Waals surface area contributed by atoms with Crippen LogP contribution in [0, 0.1) is 0 Å². The third kappa shape index (κ3) is 6.60. The molecule has 0 heterocycles. The SMILES string of the molecule is CCN(CC)CCCCOCl. The molecule has 0 unspecified atom stereocenters. The first-order valence-corrected chi connectivity index (χ1v) is 4.61. The Morgan fingerprint density at radius 1 is 1.18 bits per heavy atom. The van der Waals surface area contributed by atoms with Gasteiger partial charge in [0.15, 0.2) is 0 Å². The van der Waals surface area contributed by atoms with Crippen LogP contribution in [0.2, 0.25) is 0 Å². The van der Waals surface area contributed by atoms with Crippen molar-refractivity contribution < 1.29 is 4.29 Å². The summed E-state index contributed by atoms with van der Waals surface area (Å²) < 4.78 is 4.44. The Labute approximate surface area is 74.6 Å². The summed E-state index contributed by atoms with van der Waals surface area (Å²) in [5, 5.41) is 0. The molecular weight excluding hydrogens is 162 g/mol. The molecule has 0 bridgehead atoms. The van der Waals surface area contributed by atoms with Gasteiger partial charge < -0.3 is 4.90 Å². The predicted molar refractivity (Wildman–Crippen MR) is 48.8 cm³/mol. The molecule has 0 radical (unpaired) electrons. The highest BCUT2D eigenvalue weighted by atomic mass is 35.5. The molecule has 0 amide bonds. The molecule has 0 aliphatic heterocycles. The van der Waals surface area contributed by atoms with E-state index in [0.717, 1.165) is 26.1 Å². The molecule has 0 saturated heterocycles. The van der Waals surface area contributed by atoms with Gasteiger partial charge in [-0.1, -0.05) is 13.8 Å². The van der Waals surface area contributed by atoms with E-state index in [-0.39, 0.29) is 0 Å². The summed E-state index contributed by atoms with van der Waals surface area (Å²) in [5.41, 5.74) is 0. The van der Waals surface area contributed by atoms with Gasteiger partial charge in [0.2, 0.25) is 0 Å². The van der Waals surface area contributed by atoms with Crippen LogP contribution in [0.5, 0.6) is 0 Å². The van der Waals surface area contributed by atoms with E-state index in [1.54, 1.807) is 0 Å². The first-order chi connectivity index (χ1) is 5.35. The van der Waals surface area contributed by atoms with Gasteiger partial charge in [-0.25, -0.2) is 0 Å². The quantitative estimate of drug-likeness (QED) is 0.556. The second kappa shape index (κ2) is 8.31. The van der Waals surface area contributed by atoms with Gasteiger partial charge >= 0.3 is 0 Å². The molecule has 11 heavy (non-hydrogen) atoms. The summed E-state index contributed by atoms with van der Waals surface area (Å²) in [6, 6.07) is 0. The molecule has 68 valence electrons. The molecule has 0 saturated carbocycles. The van der Waals surface area contributed by atoms with Crippen LogP contribution >= 0.6 is 11.9 Å². The molecule has 0 rings (SSSR count). The topological polar surface area (TPSA) is 12.5 Å². The second-order valence-electron chi connectivity index (χ2n) is 2.55. The Kier molecular flexibility index (Phi) is 8.47. The second-order valence-corrected chi connectivity index (χ2v) is 2.77. The zero-order valence-electron chi connectivity index (χ0n) is 7.48. The van der Waals surface area contributed by atoms with Crippen LogP contribution in [0.25, 0.3) is 0 Å². The Morgan fingerprint density at radius 3 is 2.27 bits per heavy atom. The molecular formula is C8H18ClNO. The van der Waals surface area contributed by atoms with E-state index in [0.29, 0.717) is 6.61 Å². The third-order valence-electron chi connectivity index (χ3n) is 1.84. The molecule has 3 heteroatoms. The van der Waals surface area contributed by atoms with Gasteiger partial charge in [-0.05, 0) is 32.5 Å². The van der Waals surface area contributed by atoms with Crippen molar-refractivity contribution in [1.82, 2.24) is 4.90 Å². The Balaban J connectivity index is 3.07. The van der Waals surface area contributed by atoms with E-state index in [4.69, 9.17) is 11.9 Å². The molecule has 0 N–H and O–H groups in total. The molecule has 0 aromatic carbocycles. The summed E-state index contributed by atoms with van der Waals surface area (Å²) in [6.07, 6.45) is 2.23. The molecule has 0 spiro atoms. The predicted octanol–water partition coefficient (Wildman–Crippen LogP) is 2.28. The number of hydrogen-bond donors (Lipinski definition) is 0. The van der Waals surface area contributed by atoms with Crippen molar-refractivity contribution in [3.05, 3.63) is 0 Å². The van der Waals surface area contributed by atoms with Gasteiger partial charge in [0.25, 0.3) is 0 Å². The van der Waals surface area contributed by atoms with Crippen molar-refractivity contribution in [2.75, 3.05) is 26.2 Å². The minimum Gasteiger partial charge on any atom is -0.304 e. The Hall–Kier alpha value is 0.210. The lowest BCUT2D eigenvalue weighted by atomic mass is 10.3. The van der Waals surface area contributed by atoms with Crippen LogP contribution in [-0.4, -0.2) is 31.1 Å². The van der Waals surface area contributed by atoms with Crippen LogP contribution in [0.15, 0.2) is 0 Å². The van der Waals surface area contributed by atoms with Crippen LogP contribution < -0.4 is 0 Å². The average molecular weight is 180 g/mol. The molecule has 0 aromatic rings. The number of hydrogen-bond acceptors (Lipinski definition) is 2. The summed E-state index contributed by atoms with van der Waals surface area (Å²) in [7, 11) is 0. The molecule has 0 aliphatic rings. The van der Waals surface area contributed by atoms with Crippen molar-refractivity contribution in [3.8, 4) is 0 Å². The molecule has 0 fully saturated rings. The number of nitrogens with zero attached hydrogens (tertiary/aromatic N) is 1. The maximum atomic E-state index is 5.07. The minimum atomic E-state index is 0.669. The average Bonchev–Trinajstić information content (AvgIpc) is 2.05. The van der Waals surface area contributed by atoms with Gasteiger partial charge in [-0.15, -0.1) is 0 Å². The van der Waals surface area contributed by atoms with E-state index in [9.17, 15) is 0 Å². The smallest absolute Gasteiger partial charge is 0.0683 e. The monoisotopic (exact) mass is 179 g/mol. The van der Waals surface area contributed by atoms with E-state index >= 15 is 0 Å². The molecule has 0 aromatic heterocycles. The summed E-state index contributed by atoms with van der Waals surface area (Å²) >= 11 is 5.07. The Morgan fingerprint density at radius 2 is 1.82 bits per heavy atom. The fourth-order valence-electron chi connectivity index (χ4n) is 1.03. The number of rotatable bonds is 7. The highest BCUT2D eigenvalue weighted by Gasteiger charge is 1.97. The maximum Gasteiger partial charge on any atom is 0.0683 e. The van der Waals surface area contributed by atoms with Gasteiger partial charge in [-0.2, -0.15) is 0 Å². The lowest BCUT2D eigenvalue weighted by Gasteiger charge is -2.16. The van der Waals surface area contributed by atoms with Crippen LogP contribution in [-0.2, 0) is 4.29 Å². The zero-order valence-corrected chi connectivity index (χ0v) is 8.23. The largest absolute Gasteiger partial charge is 0.304 e. The highest BCUT2D eigenvalue weighted by Crippen LogP contribution is 1.96.